The first-order valence-corrected chi connectivity index (χ1v) is 4.48. The predicted molar refractivity (Wildman–Crippen MR) is 46.8 cm³/mol. The van der Waals surface area contributed by atoms with Crippen LogP contribution < -0.4 is 0 Å². The van der Waals surface area contributed by atoms with E-state index < -0.39 is 0 Å². The summed E-state index contributed by atoms with van der Waals surface area (Å²) in [6, 6.07) is 0. The van der Waals surface area contributed by atoms with E-state index in [9.17, 15) is 4.79 Å². The van der Waals surface area contributed by atoms with Gasteiger partial charge in [-0.15, -0.1) is 11.6 Å². The molecule has 1 nitrogen and oxygen atoms in total. The normalized spacial score (nSPS) is 31.4. The van der Waals surface area contributed by atoms with Crippen LogP contribution >= 0.6 is 11.6 Å². The summed E-state index contributed by atoms with van der Waals surface area (Å²) in [5, 5.41) is 0.206. The molecule has 0 aliphatic heterocycles. The fraction of sp³-hybridized carbons (Fsp3) is 0.667. The number of allylic oxidation sites excluding steroid dienone is 1. The third-order valence-electron chi connectivity index (χ3n) is 2.21. The first-order valence-electron chi connectivity index (χ1n) is 4.04. The average Bonchev–Trinajstić information content (AvgIpc) is 2.03. The van der Waals surface area contributed by atoms with Gasteiger partial charge in [0.05, 0.1) is 0 Å². The van der Waals surface area contributed by atoms with Crippen molar-refractivity contribution >= 4 is 17.4 Å². The van der Waals surface area contributed by atoms with Crippen LogP contribution in [0.3, 0.4) is 0 Å². The van der Waals surface area contributed by atoms with Crippen LogP contribution in [0, 0.1) is 5.92 Å². The van der Waals surface area contributed by atoms with Crippen molar-refractivity contribution in [2.75, 3.05) is 0 Å². The van der Waals surface area contributed by atoms with Gasteiger partial charge >= 0.3 is 0 Å². The van der Waals surface area contributed by atoms with E-state index in [1.807, 2.05) is 0 Å². The average molecular weight is 173 g/mol. The molecule has 2 unspecified atom stereocenters. The summed E-state index contributed by atoms with van der Waals surface area (Å²) in [7, 11) is 0. The van der Waals surface area contributed by atoms with Gasteiger partial charge in [-0.05, 0) is 25.3 Å². The zero-order chi connectivity index (χ0) is 8.27. The van der Waals surface area contributed by atoms with Crippen molar-refractivity contribution in [1.82, 2.24) is 0 Å². The minimum absolute atomic E-state index is 0.156. The first-order chi connectivity index (χ1) is 5.24. The van der Waals surface area contributed by atoms with Gasteiger partial charge < -0.3 is 0 Å². The van der Waals surface area contributed by atoms with E-state index in [0.717, 1.165) is 25.7 Å². The molecule has 0 aromatic rings. The molecular weight excluding hydrogens is 160 g/mol. The number of rotatable bonds is 2. The van der Waals surface area contributed by atoms with Crippen molar-refractivity contribution < 1.29 is 4.79 Å². The second-order valence-electron chi connectivity index (χ2n) is 3.07. The van der Waals surface area contributed by atoms with E-state index in [0.29, 0.717) is 0 Å². The lowest BCUT2D eigenvalue weighted by molar-refractivity contribution is -0.119. The van der Waals surface area contributed by atoms with Crippen molar-refractivity contribution in [2.24, 2.45) is 5.92 Å². The summed E-state index contributed by atoms with van der Waals surface area (Å²) in [4.78, 5) is 11.1. The summed E-state index contributed by atoms with van der Waals surface area (Å²) in [5.74, 6) is 0.319. The third-order valence-corrected chi connectivity index (χ3v) is 2.61. The molecule has 62 valence electrons. The monoisotopic (exact) mass is 172 g/mol. The molecule has 1 saturated carbocycles. The number of ketones is 1. The van der Waals surface area contributed by atoms with Crippen LogP contribution in [-0.4, -0.2) is 11.2 Å². The van der Waals surface area contributed by atoms with Crippen molar-refractivity contribution in [2.45, 2.75) is 31.1 Å². The van der Waals surface area contributed by atoms with Crippen molar-refractivity contribution in [3.63, 3.8) is 0 Å². The lowest BCUT2D eigenvalue weighted by Crippen LogP contribution is -2.21. The first kappa shape index (κ1) is 8.79. The SMILES string of the molecule is C=CC(=O)C1CCCC(Cl)C1. The molecule has 0 N–H and O–H groups in total. The molecule has 1 aliphatic carbocycles. The number of hydrogen-bond donors (Lipinski definition) is 0. The Morgan fingerprint density at radius 1 is 1.55 bits per heavy atom. The Balaban J connectivity index is 2.45. The van der Waals surface area contributed by atoms with Gasteiger partial charge in [0.15, 0.2) is 5.78 Å². The van der Waals surface area contributed by atoms with Crippen molar-refractivity contribution in [3.8, 4) is 0 Å². The number of carbonyl (C=O) groups excluding carboxylic acids is 1. The maximum atomic E-state index is 11.1. The van der Waals surface area contributed by atoms with Crippen LogP contribution in [0.15, 0.2) is 12.7 Å². The predicted octanol–water partition coefficient (Wildman–Crippen LogP) is 2.54. The van der Waals surface area contributed by atoms with Gasteiger partial charge in [-0.25, -0.2) is 0 Å². The van der Waals surface area contributed by atoms with Gasteiger partial charge in [0, 0.05) is 11.3 Å². The molecule has 11 heavy (non-hydrogen) atoms. The Morgan fingerprint density at radius 2 is 2.27 bits per heavy atom. The molecule has 2 atom stereocenters. The zero-order valence-electron chi connectivity index (χ0n) is 6.55. The van der Waals surface area contributed by atoms with E-state index in [1.165, 1.54) is 6.08 Å². The molecule has 1 rings (SSSR count). The minimum Gasteiger partial charge on any atom is -0.295 e. The molecule has 0 saturated heterocycles. The largest absolute Gasteiger partial charge is 0.295 e. The topological polar surface area (TPSA) is 17.1 Å². The Hall–Kier alpha value is -0.300. The van der Waals surface area contributed by atoms with Gasteiger partial charge in [0.2, 0.25) is 0 Å². The fourth-order valence-electron chi connectivity index (χ4n) is 1.56. The standard InChI is InChI=1S/C9H13ClO/c1-2-9(11)7-4-3-5-8(10)6-7/h2,7-8H,1,3-6H2. The molecule has 2 heteroatoms. The molecule has 0 bridgehead atoms. The molecule has 1 fully saturated rings. The molecule has 1 aliphatic rings. The van der Waals surface area contributed by atoms with Crippen molar-refractivity contribution in [1.29, 1.82) is 0 Å². The molecule has 0 spiro atoms. The fourth-order valence-corrected chi connectivity index (χ4v) is 1.92. The summed E-state index contributed by atoms with van der Waals surface area (Å²) >= 11 is 5.93. The highest BCUT2D eigenvalue weighted by molar-refractivity contribution is 6.20. The highest BCUT2D eigenvalue weighted by Gasteiger charge is 2.23. The van der Waals surface area contributed by atoms with E-state index in [4.69, 9.17) is 11.6 Å². The van der Waals surface area contributed by atoms with Crippen LogP contribution in [0.25, 0.3) is 0 Å². The second-order valence-corrected chi connectivity index (χ2v) is 3.68. The molecule has 0 heterocycles. The van der Waals surface area contributed by atoms with Gasteiger partial charge in [-0.3, -0.25) is 4.79 Å². The summed E-state index contributed by atoms with van der Waals surface area (Å²) in [6.45, 7) is 3.47. The molecular formula is C9H13ClO. The Morgan fingerprint density at radius 3 is 2.82 bits per heavy atom. The highest BCUT2D eigenvalue weighted by Crippen LogP contribution is 2.28. The Bertz CT molecular complexity index is 165. The number of halogens is 1. The van der Waals surface area contributed by atoms with Gasteiger partial charge in [0.1, 0.15) is 0 Å². The highest BCUT2D eigenvalue weighted by atomic mass is 35.5. The second kappa shape index (κ2) is 3.91. The number of carbonyl (C=O) groups is 1. The van der Waals surface area contributed by atoms with Crippen LogP contribution in [0.4, 0.5) is 0 Å². The minimum atomic E-state index is 0.156. The maximum Gasteiger partial charge on any atom is 0.158 e. The van der Waals surface area contributed by atoms with Crippen LogP contribution in [0.5, 0.6) is 0 Å². The molecule has 0 radical (unpaired) electrons. The van der Waals surface area contributed by atoms with E-state index in [2.05, 4.69) is 6.58 Å². The van der Waals surface area contributed by atoms with Gasteiger partial charge in [-0.1, -0.05) is 13.0 Å². The molecule has 0 aromatic heterocycles. The van der Waals surface area contributed by atoms with E-state index in [1.54, 1.807) is 0 Å². The quantitative estimate of drug-likeness (QED) is 0.462. The van der Waals surface area contributed by atoms with Gasteiger partial charge in [-0.2, -0.15) is 0 Å². The van der Waals surface area contributed by atoms with Crippen molar-refractivity contribution in [3.05, 3.63) is 12.7 Å². The lowest BCUT2D eigenvalue weighted by Gasteiger charge is -2.22. The molecule has 0 aromatic carbocycles. The summed E-state index contributed by atoms with van der Waals surface area (Å²) in [5.41, 5.74) is 0. The third kappa shape index (κ3) is 2.33. The smallest absolute Gasteiger partial charge is 0.158 e. The number of alkyl halides is 1. The van der Waals surface area contributed by atoms with E-state index >= 15 is 0 Å². The molecule has 0 amide bonds. The van der Waals surface area contributed by atoms with Crippen LogP contribution in [0.1, 0.15) is 25.7 Å². The Labute approximate surface area is 72.4 Å². The lowest BCUT2D eigenvalue weighted by atomic mass is 9.86. The zero-order valence-corrected chi connectivity index (χ0v) is 7.31. The van der Waals surface area contributed by atoms with Crippen LogP contribution in [0.2, 0.25) is 0 Å². The number of hydrogen-bond acceptors (Lipinski definition) is 1. The van der Waals surface area contributed by atoms with E-state index in [-0.39, 0.29) is 17.1 Å². The maximum absolute atomic E-state index is 11.1. The Kier molecular flexibility index (Phi) is 3.13. The van der Waals surface area contributed by atoms with Gasteiger partial charge in [0.25, 0.3) is 0 Å². The summed E-state index contributed by atoms with van der Waals surface area (Å²) < 4.78 is 0. The summed E-state index contributed by atoms with van der Waals surface area (Å²) in [6.07, 6.45) is 5.39. The van der Waals surface area contributed by atoms with Crippen LogP contribution in [-0.2, 0) is 4.79 Å².